The molecule has 0 atom stereocenters. The molecule has 1 amide bonds. The largest absolute Gasteiger partial charge is 0.493 e. The van der Waals surface area contributed by atoms with Crippen molar-refractivity contribution in [2.45, 2.75) is 6.54 Å². The molecule has 9 heteroatoms. The van der Waals surface area contributed by atoms with Gasteiger partial charge in [-0.3, -0.25) is 14.0 Å². The number of fused-ring (bicyclic) bond motifs is 1. The number of aromatic hydroxyl groups is 1. The summed E-state index contributed by atoms with van der Waals surface area (Å²) in [4.78, 5) is 29.0. The Labute approximate surface area is 190 Å². The minimum atomic E-state index is -0.749. The van der Waals surface area contributed by atoms with Crippen LogP contribution in [0, 0.1) is 11.8 Å². The molecule has 2 aromatic heterocycles. The molecule has 3 aromatic rings. The topological polar surface area (TPSA) is 104 Å². The second kappa shape index (κ2) is 9.81. The van der Waals surface area contributed by atoms with E-state index in [0.717, 1.165) is 9.96 Å². The van der Waals surface area contributed by atoms with Gasteiger partial charge in [0.2, 0.25) is 5.88 Å². The minimum absolute atomic E-state index is 0. The molecular weight excluding hydrogens is 459 g/mol. The maximum absolute atomic E-state index is 12.7. The van der Waals surface area contributed by atoms with Gasteiger partial charge in [-0.2, -0.15) is 4.98 Å². The summed E-state index contributed by atoms with van der Waals surface area (Å²) in [6, 6.07) is 9.91. The smallest absolute Gasteiger partial charge is 0.274 e. The molecule has 3 rings (SSSR count). The molecule has 0 bridgehead atoms. The SMILES string of the molecule is O=C(NCc1ccc(Cl)cc1)c1c(O)nc2ccc(C#CCO)cn2c1=O.[Y]. The number of rotatable bonds is 3. The first kappa shape index (κ1) is 22.1. The minimum Gasteiger partial charge on any atom is -0.493 e. The average Bonchev–Trinajstić information content (AvgIpc) is 2.66. The Morgan fingerprint density at radius 3 is 2.61 bits per heavy atom. The number of benzene rings is 1. The fourth-order valence-corrected chi connectivity index (χ4v) is 2.54. The Hall–Kier alpha value is -2.24. The van der Waals surface area contributed by atoms with Crippen molar-refractivity contribution in [2.75, 3.05) is 6.61 Å². The van der Waals surface area contributed by atoms with Gasteiger partial charge in [0.25, 0.3) is 11.5 Å². The molecule has 139 valence electrons. The van der Waals surface area contributed by atoms with Crippen molar-refractivity contribution in [1.29, 1.82) is 0 Å². The number of hydrogen-bond donors (Lipinski definition) is 3. The second-order valence-corrected chi connectivity index (χ2v) is 5.97. The summed E-state index contributed by atoms with van der Waals surface area (Å²) in [7, 11) is 0. The molecule has 0 fully saturated rings. The van der Waals surface area contributed by atoms with E-state index in [9.17, 15) is 14.7 Å². The van der Waals surface area contributed by atoms with Crippen LogP contribution in [0.25, 0.3) is 5.65 Å². The number of halogens is 1. The zero-order chi connectivity index (χ0) is 19.4. The van der Waals surface area contributed by atoms with Crippen LogP contribution in [0.15, 0.2) is 47.4 Å². The van der Waals surface area contributed by atoms with Gasteiger partial charge < -0.3 is 15.5 Å². The van der Waals surface area contributed by atoms with Crippen molar-refractivity contribution >= 4 is 23.2 Å². The predicted molar refractivity (Wildman–Crippen MR) is 99.7 cm³/mol. The van der Waals surface area contributed by atoms with Gasteiger partial charge in [0.1, 0.15) is 12.3 Å². The summed E-state index contributed by atoms with van der Waals surface area (Å²) >= 11 is 5.82. The third kappa shape index (κ3) is 4.97. The molecule has 0 spiro atoms. The number of amides is 1. The van der Waals surface area contributed by atoms with Crippen molar-refractivity contribution in [3.8, 4) is 17.7 Å². The summed E-state index contributed by atoms with van der Waals surface area (Å²) in [5.74, 6) is 3.74. The standard InChI is InChI=1S/C19H14ClN3O4.Y/c20-14-6-3-12(4-7-14)10-21-17(25)16-18(26)22-15-8-5-13(2-1-9-24)11-23(15)19(16)27;/h3-8,11,24,26H,9-10H2,(H,21,25);. The maximum atomic E-state index is 12.7. The Morgan fingerprint density at radius 1 is 1.21 bits per heavy atom. The van der Waals surface area contributed by atoms with Crippen LogP contribution < -0.4 is 10.9 Å². The van der Waals surface area contributed by atoms with E-state index in [-0.39, 0.29) is 51.5 Å². The number of carbonyl (C=O) groups is 1. The monoisotopic (exact) mass is 472 g/mol. The summed E-state index contributed by atoms with van der Waals surface area (Å²) in [6.45, 7) is -0.168. The number of aliphatic hydroxyl groups is 1. The molecule has 0 unspecified atom stereocenters. The first-order chi connectivity index (χ1) is 13.0. The van der Waals surface area contributed by atoms with Crippen molar-refractivity contribution < 1.29 is 47.7 Å². The van der Waals surface area contributed by atoms with E-state index >= 15 is 0 Å². The van der Waals surface area contributed by atoms with E-state index in [1.807, 2.05) is 0 Å². The van der Waals surface area contributed by atoms with Crippen LogP contribution in [-0.2, 0) is 39.3 Å². The van der Waals surface area contributed by atoms with Gasteiger partial charge in [-0.25, -0.2) is 0 Å². The summed E-state index contributed by atoms with van der Waals surface area (Å²) < 4.78 is 1.12. The zero-order valence-corrected chi connectivity index (χ0v) is 18.1. The summed E-state index contributed by atoms with van der Waals surface area (Å²) in [6.07, 6.45) is 1.39. The summed E-state index contributed by atoms with van der Waals surface area (Å²) in [5, 5.41) is 22.0. The average molecular weight is 473 g/mol. The molecule has 0 aliphatic heterocycles. The fraction of sp³-hybridized carbons (Fsp3) is 0.105. The third-order valence-corrected chi connectivity index (χ3v) is 3.96. The Bertz CT molecular complexity index is 1130. The van der Waals surface area contributed by atoms with E-state index in [2.05, 4.69) is 22.1 Å². The molecule has 1 aromatic carbocycles. The predicted octanol–water partition coefficient (Wildman–Crippen LogP) is 1.32. The van der Waals surface area contributed by atoms with Gasteiger partial charge in [0, 0.05) is 56.0 Å². The molecule has 3 N–H and O–H groups in total. The fourth-order valence-electron chi connectivity index (χ4n) is 2.41. The van der Waals surface area contributed by atoms with Crippen LogP contribution in [0.5, 0.6) is 5.88 Å². The number of aromatic nitrogens is 2. The van der Waals surface area contributed by atoms with Crippen molar-refractivity contribution in [3.05, 3.63) is 74.7 Å². The third-order valence-electron chi connectivity index (χ3n) is 3.71. The van der Waals surface area contributed by atoms with Crippen LogP contribution in [0.1, 0.15) is 21.5 Å². The number of nitrogens with zero attached hydrogens (tertiary/aromatic N) is 2. The normalized spacial score (nSPS) is 9.93. The van der Waals surface area contributed by atoms with Crippen molar-refractivity contribution in [3.63, 3.8) is 0 Å². The zero-order valence-electron chi connectivity index (χ0n) is 14.5. The van der Waals surface area contributed by atoms with E-state index in [4.69, 9.17) is 16.7 Å². The molecular formula is C19H14ClN3O4Y. The Kier molecular flexibility index (Phi) is 7.72. The van der Waals surface area contributed by atoms with Crippen LogP contribution in [-0.4, -0.2) is 32.1 Å². The van der Waals surface area contributed by atoms with Gasteiger partial charge in [-0.15, -0.1) is 0 Å². The molecule has 28 heavy (non-hydrogen) atoms. The first-order valence-electron chi connectivity index (χ1n) is 7.87. The molecule has 1 radical (unpaired) electrons. The first-order valence-corrected chi connectivity index (χ1v) is 8.25. The van der Waals surface area contributed by atoms with E-state index in [1.165, 1.54) is 12.3 Å². The molecule has 0 saturated carbocycles. The van der Waals surface area contributed by atoms with Crippen LogP contribution in [0.2, 0.25) is 5.02 Å². The van der Waals surface area contributed by atoms with E-state index in [1.54, 1.807) is 30.3 Å². The molecule has 0 saturated heterocycles. The molecule has 0 aliphatic carbocycles. The Balaban J connectivity index is 0.00000280. The number of carbonyl (C=O) groups excluding carboxylic acids is 1. The number of pyridine rings is 1. The maximum Gasteiger partial charge on any atom is 0.274 e. The van der Waals surface area contributed by atoms with E-state index < -0.39 is 22.9 Å². The summed E-state index contributed by atoms with van der Waals surface area (Å²) in [5.41, 5.74) is 0.218. The van der Waals surface area contributed by atoms with E-state index in [0.29, 0.717) is 10.6 Å². The second-order valence-electron chi connectivity index (χ2n) is 5.53. The van der Waals surface area contributed by atoms with Gasteiger partial charge >= 0.3 is 0 Å². The van der Waals surface area contributed by atoms with Crippen LogP contribution >= 0.6 is 11.6 Å². The van der Waals surface area contributed by atoms with Crippen molar-refractivity contribution in [1.82, 2.24) is 14.7 Å². The Morgan fingerprint density at radius 2 is 1.93 bits per heavy atom. The molecule has 7 nitrogen and oxygen atoms in total. The van der Waals surface area contributed by atoms with Gasteiger partial charge in [0.15, 0.2) is 5.56 Å². The molecule has 0 aliphatic rings. The van der Waals surface area contributed by atoms with Gasteiger partial charge in [-0.05, 0) is 29.8 Å². The number of aliphatic hydroxyl groups excluding tert-OH is 1. The van der Waals surface area contributed by atoms with Crippen molar-refractivity contribution in [2.24, 2.45) is 0 Å². The number of hydrogen-bond acceptors (Lipinski definition) is 5. The van der Waals surface area contributed by atoms with Gasteiger partial charge in [0.05, 0.1) is 0 Å². The van der Waals surface area contributed by atoms with Crippen LogP contribution in [0.3, 0.4) is 0 Å². The van der Waals surface area contributed by atoms with Crippen LogP contribution in [0.4, 0.5) is 0 Å². The number of nitrogens with one attached hydrogen (secondary N) is 1. The molecule has 2 heterocycles. The van der Waals surface area contributed by atoms with Gasteiger partial charge in [-0.1, -0.05) is 35.6 Å². The quantitative estimate of drug-likeness (QED) is 0.499.